The van der Waals surface area contributed by atoms with E-state index >= 15 is 0 Å². The van der Waals surface area contributed by atoms with E-state index in [1.54, 1.807) is 59.3 Å². The van der Waals surface area contributed by atoms with Crippen molar-refractivity contribution in [2.45, 2.75) is 58.9 Å². The Hall–Kier alpha value is -3.36. The summed E-state index contributed by atoms with van der Waals surface area (Å²) in [4.78, 5) is 35.4. The fourth-order valence-electron chi connectivity index (χ4n) is 3.44. The molecule has 0 bridgehead atoms. The zero-order chi connectivity index (χ0) is 23.3. The third kappa shape index (κ3) is 5.46. The molecule has 2 aromatic rings. The first kappa shape index (κ1) is 23.3. The normalized spacial score (nSPS) is 15.5. The number of aromatic nitrogens is 2. The average molecular weight is 444 g/mol. The van der Waals surface area contributed by atoms with Crippen molar-refractivity contribution >= 4 is 12.1 Å². The molecule has 32 heavy (non-hydrogen) atoms. The SMILES string of the molecule is CCOC(=O)[C@@H]1Cc2c(ccc(OC)c2OCc2ncccn2)CN1C(=O)OC(C)(C)C. The van der Waals surface area contributed by atoms with Gasteiger partial charge in [0.05, 0.1) is 20.3 Å². The molecular formula is C23H29N3O6. The first-order valence-corrected chi connectivity index (χ1v) is 10.5. The average Bonchev–Trinajstić information content (AvgIpc) is 2.76. The van der Waals surface area contributed by atoms with Gasteiger partial charge in [-0.05, 0) is 45.4 Å². The van der Waals surface area contributed by atoms with E-state index in [1.807, 2.05) is 6.07 Å². The van der Waals surface area contributed by atoms with Crippen LogP contribution in [0.4, 0.5) is 4.79 Å². The highest BCUT2D eigenvalue weighted by Gasteiger charge is 2.39. The van der Waals surface area contributed by atoms with Crippen LogP contribution in [-0.2, 0) is 33.8 Å². The van der Waals surface area contributed by atoms with E-state index in [1.165, 1.54) is 4.90 Å². The molecule has 0 aliphatic carbocycles. The molecule has 0 saturated carbocycles. The number of esters is 1. The molecule has 9 nitrogen and oxygen atoms in total. The van der Waals surface area contributed by atoms with E-state index in [-0.39, 0.29) is 26.2 Å². The Labute approximate surface area is 187 Å². The largest absolute Gasteiger partial charge is 0.493 e. The van der Waals surface area contributed by atoms with Gasteiger partial charge in [-0.15, -0.1) is 0 Å². The molecule has 0 radical (unpaired) electrons. The second-order valence-corrected chi connectivity index (χ2v) is 8.27. The second kappa shape index (κ2) is 9.84. The van der Waals surface area contributed by atoms with Gasteiger partial charge < -0.3 is 18.9 Å². The summed E-state index contributed by atoms with van der Waals surface area (Å²) >= 11 is 0. The van der Waals surface area contributed by atoms with Gasteiger partial charge in [-0.25, -0.2) is 19.6 Å². The van der Waals surface area contributed by atoms with E-state index in [0.29, 0.717) is 17.3 Å². The smallest absolute Gasteiger partial charge is 0.411 e. The molecule has 1 aromatic heterocycles. The molecule has 0 saturated heterocycles. The highest BCUT2D eigenvalue weighted by Crippen LogP contribution is 2.39. The fraction of sp³-hybridized carbons (Fsp3) is 0.478. The van der Waals surface area contributed by atoms with Gasteiger partial charge in [0.2, 0.25) is 0 Å². The summed E-state index contributed by atoms with van der Waals surface area (Å²) in [6.07, 6.45) is 2.91. The molecule has 1 aliphatic rings. The van der Waals surface area contributed by atoms with E-state index in [9.17, 15) is 9.59 Å². The highest BCUT2D eigenvalue weighted by molar-refractivity contribution is 5.83. The standard InChI is InChI=1S/C23H29N3O6/c1-6-30-21(27)17-12-16-15(13-26(17)22(28)32-23(2,3)4)8-9-18(29-5)20(16)31-14-19-24-10-7-11-25-19/h7-11,17H,6,12-14H2,1-5H3/t17-/m0/s1. The summed E-state index contributed by atoms with van der Waals surface area (Å²) in [5.74, 6) is 1.04. The quantitative estimate of drug-likeness (QED) is 0.627. The summed E-state index contributed by atoms with van der Waals surface area (Å²) in [5, 5.41) is 0. The number of ether oxygens (including phenoxy) is 4. The van der Waals surface area contributed by atoms with Gasteiger partial charge in [0.1, 0.15) is 18.2 Å². The Bertz CT molecular complexity index is 958. The van der Waals surface area contributed by atoms with Crippen LogP contribution >= 0.6 is 0 Å². The molecule has 0 unspecified atom stereocenters. The maximum atomic E-state index is 12.9. The van der Waals surface area contributed by atoms with Crippen molar-refractivity contribution in [3.05, 3.63) is 47.5 Å². The number of methoxy groups -OCH3 is 1. The van der Waals surface area contributed by atoms with Crippen LogP contribution in [0.5, 0.6) is 11.5 Å². The molecule has 172 valence electrons. The third-order valence-electron chi connectivity index (χ3n) is 4.81. The van der Waals surface area contributed by atoms with E-state index < -0.39 is 23.7 Å². The monoisotopic (exact) mass is 443 g/mol. The number of nitrogens with zero attached hydrogens (tertiary/aromatic N) is 3. The Morgan fingerprint density at radius 3 is 2.53 bits per heavy atom. The molecular weight excluding hydrogens is 414 g/mol. The third-order valence-corrected chi connectivity index (χ3v) is 4.81. The molecule has 0 fully saturated rings. The molecule has 1 atom stereocenters. The van der Waals surface area contributed by atoms with E-state index in [2.05, 4.69) is 9.97 Å². The zero-order valence-corrected chi connectivity index (χ0v) is 19.1. The number of hydrogen-bond acceptors (Lipinski definition) is 8. The van der Waals surface area contributed by atoms with Crippen molar-refractivity contribution in [1.82, 2.24) is 14.9 Å². The van der Waals surface area contributed by atoms with Crippen LogP contribution in [0.3, 0.4) is 0 Å². The van der Waals surface area contributed by atoms with Crippen LogP contribution in [0.2, 0.25) is 0 Å². The number of benzene rings is 1. The Morgan fingerprint density at radius 1 is 1.19 bits per heavy atom. The molecule has 3 rings (SSSR count). The van der Waals surface area contributed by atoms with Gasteiger partial charge in [0, 0.05) is 24.4 Å². The van der Waals surface area contributed by atoms with Crippen LogP contribution in [-0.4, -0.2) is 52.3 Å². The predicted molar refractivity (Wildman–Crippen MR) is 115 cm³/mol. The van der Waals surface area contributed by atoms with Crippen molar-refractivity contribution in [2.75, 3.05) is 13.7 Å². The maximum Gasteiger partial charge on any atom is 0.411 e. The summed E-state index contributed by atoms with van der Waals surface area (Å²) in [7, 11) is 1.55. The molecule has 1 aliphatic heterocycles. The topological polar surface area (TPSA) is 100 Å². The Morgan fingerprint density at radius 2 is 1.91 bits per heavy atom. The molecule has 0 spiro atoms. The molecule has 0 N–H and O–H groups in total. The van der Waals surface area contributed by atoms with Crippen LogP contribution < -0.4 is 9.47 Å². The number of hydrogen-bond donors (Lipinski definition) is 0. The fourth-order valence-corrected chi connectivity index (χ4v) is 3.44. The van der Waals surface area contributed by atoms with Crippen LogP contribution in [0.1, 0.15) is 44.6 Å². The maximum absolute atomic E-state index is 12.9. The minimum Gasteiger partial charge on any atom is -0.493 e. The minimum absolute atomic E-state index is 0.132. The molecule has 1 amide bonds. The van der Waals surface area contributed by atoms with Gasteiger partial charge in [-0.3, -0.25) is 4.90 Å². The minimum atomic E-state index is -0.847. The Balaban J connectivity index is 1.95. The lowest BCUT2D eigenvalue weighted by molar-refractivity contribution is -0.150. The number of amides is 1. The molecule has 2 heterocycles. The lowest BCUT2D eigenvalue weighted by Crippen LogP contribution is -2.50. The predicted octanol–water partition coefficient (Wildman–Crippen LogP) is 3.29. The molecule has 1 aromatic carbocycles. The van der Waals surface area contributed by atoms with Crippen LogP contribution in [0.15, 0.2) is 30.6 Å². The number of fused-ring (bicyclic) bond motifs is 1. The number of carbonyl (C=O) groups excluding carboxylic acids is 2. The van der Waals surface area contributed by atoms with Crippen LogP contribution in [0, 0.1) is 0 Å². The summed E-state index contributed by atoms with van der Waals surface area (Å²) in [6.45, 7) is 7.59. The van der Waals surface area contributed by atoms with Crippen molar-refractivity contribution in [1.29, 1.82) is 0 Å². The summed E-state index contributed by atoms with van der Waals surface area (Å²) < 4.78 is 22.3. The summed E-state index contributed by atoms with van der Waals surface area (Å²) in [6, 6.07) is 4.51. The highest BCUT2D eigenvalue weighted by atomic mass is 16.6. The van der Waals surface area contributed by atoms with Gasteiger partial charge >= 0.3 is 12.1 Å². The van der Waals surface area contributed by atoms with Crippen LogP contribution in [0.25, 0.3) is 0 Å². The number of carbonyl (C=O) groups is 2. The molecule has 9 heteroatoms. The van der Waals surface area contributed by atoms with Crippen molar-refractivity contribution < 1.29 is 28.5 Å². The Kier molecular flexibility index (Phi) is 7.17. The van der Waals surface area contributed by atoms with E-state index in [4.69, 9.17) is 18.9 Å². The van der Waals surface area contributed by atoms with Gasteiger partial charge in [0.25, 0.3) is 0 Å². The van der Waals surface area contributed by atoms with Gasteiger partial charge in [-0.2, -0.15) is 0 Å². The first-order chi connectivity index (χ1) is 15.2. The summed E-state index contributed by atoms with van der Waals surface area (Å²) in [5.41, 5.74) is 0.916. The van der Waals surface area contributed by atoms with Gasteiger partial charge in [-0.1, -0.05) is 6.07 Å². The van der Waals surface area contributed by atoms with Crippen molar-refractivity contribution in [3.8, 4) is 11.5 Å². The second-order valence-electron chi connectivity index (χ2n) is 8.27. The number of rotatable bonds is 6. The zero-order valence-electron chi connectivity index (χ0n) is 19.1. The van der Waals surface area contributed by atoms with Crippen molar-refractivity contribution in [2.24, 2.45) is 0 Å². The van der Waals surface area contributed by atoms with E-state index in [0.717, 1.165) is 11.1 Å². The van der Waals surface area contributed by atoms with Crippen molar-refractivity contribution in [3.63, 3.8) is 0 Å². The van der Waals surface area contributed by atoms with Gasteiger partial charge in [0.15, 0.2) is 17.3 Å². The first-order valence-electron chi connectivity index (χ1n) is 10.5. The lowest BCUT2D eigenvalue weighted by Gasteiger charge is -2.37. The lowest BCUT2D eigenvalue weighted by atomic mass is 9.92.